The van der Waals surface area contributed by atoms with Crippen molar-refractivity contribution >= 4 is 5.71 Å². The van der Waals surface area contributed by atoms with Crippen LogP contribution in [0, 0.1) is 0 Å². The topological polar surface area (TPSA) is 51.0 Å². The van der Waals surface area contributed by atoms with Crippen LogP contribution in [0.5, 0.6) is 11.5 Å². The zero-order valence-electron chi connectivity index (χ0n) is 11.1. The Hall–Kier alpha value is -2.49. The lowest BCUT2D eigenvalue weighted by atomic mass is 9.99. The maximum atomic E-state index is 10.2. The van der Waals surface area contributed by atoms with Crippen LogP contribution in [0.15, 0.2) is 53.7 Å². The summed E-state index contributed by atoms with van der Waals surface area (Å²) in [5.41, 5.74) is 2.62. The fourth-order valence-electron chi connectivity index (χ4n) is 2.31. The van der Waals surface area contributed by atoms with Crippen molar-refractivity contribution in [3.05, 3.63) is 59.7 Å². The van der Waals surface area contributed by atoms with Crippen molar-refractivity contribution in [2.75, 3.05) is 7.11 Å². The fourth-order valence-corrected chi connectivity index (χ4v) is 2.31. The van der Waals surface area contributed by atoms with E-state index in [4.69, 9.17) is 9.57 Å². The summed E-state index contributed by atoms with van der Waals surface area (Å²) in [5, 5.41) is 14.3. The van der Waals surface area contributed by atoms with E-state index in [1.807, 2.05) is 42.5 Å². The molecule has 0 radical (unpaired) electrons. The summed E-state index contributed by atoms with van der Waals surface area (Å²) in [6.45, 7) is 0. The maximum absolute atomic E-state index is 10.2. The van der Waals surface area contributed by atoms with Crippen LogP contribution >= 0.6 is 0 Å². The number of benzene rings is 2. The lowest BCUT2D eigenvalue weighted by Crippen LogP contribution is -2.02. The van der Waals surface area contributed by atoms with E-state index in [9.17, 15) is 5.11 Å². The van der Waals surface area contributed by atoms with Gasteiger partial charge in [0.05, 0.1) is 12.8 Å². The van der Waals surface area contributed by atoms with Crippen LogP contribution in [0.1, 0.15) is 23.7 Å². The Labute approximate surface area is 117 Å². The zero-order chi connectivity index (χ0) is 13.9. The lowest BCUT2D eigenvalue weighted by Gasteiger charge is -2.12. The van der Waals surface area contributed by atoms with Gasteiger partial charge in [0, 0.05) is 12.0 Å². The van der Waals surface area contributed by atoms with Gasteiger partial charge in [-0.2, -0.15) is 0 Å². The Bertz CT molecular complexity index is 637. The minimum atomic E-state index is -0.277. The van der Waals surface area contributed by atoms with E-state index in [1.165, 1.54) is 7.11 Å². The van der Waals surface area contributed by atoms with Gasteiger partial charge in [-0.1, -0.05) is 47.6 Å². The quantitative estimate of drug-likeness (QED) is 0.930. The van der Waals surface area contributed by atoms with Crippen LogP contribution in [0.25, 0.3) is 0 Å². The number of hydrogen-bond acceptors (Lipinski definition) is 4. The number of oxime groups is 1. The van der Waals surface area contributed by atoms with Gasteiger partial charge >= 0.3 is 0 Å². The van der Waals surface area contributed by atoms with Crippen LogP contribution in [-0.2, 0) is 4.84 Å². The second-order valence-corrected chi connectivity index (χ2v) is 4.60. The largest absolute Gasteiger partial charge is 0.504 e. The van der Waals surface area contributed by atoms with Crippen molar-refractivity contribution in [3.63, 3.8) is 0 Å². The molecule has 1 heterocycles. The first-order chi connectivity index (χ1) is 9.79. The number of para-hydroxylation sites is 1. The van der Waals surface area contributed by atoms with Crippen LogP contribution in [0.4, 0.5) is 0 Å². The first-order valence-electron chi connectivity index (χ1n) is 6.43. The molecule has 102 valence electrons. The molecule has 3 rings (SSSR count). The van der Waals surface area contributed by atoms with E-state index < -0.39 is 0 Å². The van der Waals surface area contributed by atoms with E-state index >= 15 is 0 Å². The number of methoxy groups -OCH3 is 1. The predicted molar refractivity (Wildman–Crippen MR) is 76.1 cm³/mol. The number of nitrogens with zero attached hydrogens (tertiary/aromatic N) is 1. The lowest BCUT2D eigenvalue weighted by molar-refractivity contribution is 0.0835. The molecule has 0 amide bonds. The van der Waals surface area contributed by atoms with Crippen molar-refractivity contribution in [1.82, 2.24) is 0 Å². The number of rotatable bonds is 3. The van der Waals surface area contributed by atoms with E-state index in [0.717, 1.165) is 11.3 Å². The fraction of sp³-hybridized carbons (Fsp3) is 0.188. The molecule has 0 aromatic heterocycles. The van der Waals surface area contributed by atoms with E-state index in [0.29, 0.717) is 17.7 Å². The zero-order valence-corrected chi connectivity index (χ0v) is 11.1. The van der Waals surface area contributed by atoms with Gasteiger partial charge < -0.3 is 14.7 Å². The Kier molecular flexibility index (Phi) is 3.29. The Morgan fingerprint density at radius 1 is 1.15 bits per heavy atom. The molecule has 2 aromatic rings. The molecule has 1 N–H and O–H groups in total. The first kappa shape index (κ1) is 12.5. The third kappa shape index (κ3) is 2.20. The average molecular weight is 269 g/mol. The number of phenolic OH excluding ortho intramolecular Hbond substituents is 1. The predicted octanol–water partition coefficient (Wildman–Crippen LogP) is 3.27. The van der Waals surface area contributed by atoms with Crippen LogP contribution in [-0.4, -0.2) is 17.9 Å². The van der Waals surface area contributed by atoms with Gasteiger partial charge in [-0.3, -0.25) is 0 Å². The molecule has 0 saturated carbocycles. The highest BCUT2D eigenvalue weighted by atomic mass is 16.6. The molecule has 0 fully saturated rings. The summed E-state index contributed by atoms with van der Waals surface area (Å²) in [5.74, 6) is 0.559. The standard InChI is InChI=1S/C16H15NO3/c1-19-14-9-5-8-12(16(14)18)15-10-13(17-20-15)11-6-3-2-4-7-11/h2-9,15,18H,10H2,1H3/t15-/m0/s1. The van der Waals surface area contributed by atoms with Gasteiger partial charge in [-0.25, -0.2) is 0 Å². The molecule has 0 saturated heterocycles. The van der Waals surface area contributed by atoms with Crippen LogP contribution in [0.2, 0.25) is 0 Å². The minimum Gasteiger partial charge on any atom is -0.504 e. The van der Waals surface area contributed by atoms with Crippen molar-refractivity contribution < 1.29 is 14.7 Å². The normalized spacial score (nSPS) is 17.4. The molecule has 4 nitrogen and oxygen atoms in total. The highest BCUT2D eigenvalue weighted by molar-refractivity contribution is 6.01. The van der Waals surface area contributed by atoms with Gasteiger partial charge in [0.2, 0.25) is 0 Å². The van der Waals surface area contributed by atoms with Crippen LogP contribution < -0.4 is 4.74 Å². The Morgan fingerprint density at radius 3 is 2.70 bits per heavy atom. The maximum Gasteiger partial charge on any atom is 0.164 e. The molecule has 0 spiro atoms. The Morgan fingerprint density at radius 2 is 1.95 bits per heavy atom. The highest BCUT2D eigenvalue weighted by Gasteiger charge is 2.27. The van der Waals surface area contributed by atoms with E-state index in [1.54, 1.807) is 6.07 Å². The Balaban J connectivity index is 1.83. The number of ether oxygens (including phenoxy) is 1. The SMILES string of the molecule is COc1cccc([C@@H]2CC(c3ccccc3)=NO2)c1O. The molecule has 1 aliphatic rings. The summed E-state index contributed by atoms with van der Waals surface area (Å²) in [4.78, 5) is 5.46. The second-order valence-electron chi connectivity index (χ2n) is 4.60. The van der Waals surface area contributed by atoms with Gasteiger partial charge in [-0.05, 0) is 11.6 Å². The van der Waals surface area contributed by atoms with Crippen molar-refractivity contribution in [2.45, 2.75) is 12.5 Å². The molecule has 1 atom stereocenters. The van der Waals surface area contributed by atoms with E-state index in [-0.39, 0.29) is 11.9 Å². The molecule has 2 aromatic carbocycles. The van der Waals surface area contributed by atoms with Crippen molar-refractivity contribution in [3.8, 4) is 11.5 Å². The van der Waals surface area contributed by atoms with Gasteiger partial charge in [0.1, 0.15) is 0 Å². The smallest absolute Gasteiger partial charge is 0.164 e. The third-order valence-electron chi connectivity index (χ3n) is 3.37. The monoisotopic (exact) mass is 269 g/mol. The first-order valence-corrected chi connectivity index (χ1v) is 6.43. The van der Waals surface area contributed by atoms with Gasteiger partial charge in [-0.15, -0.1) is 0 Å². The van der Waals surface area contributed by atoms with Crippen molar-refractivity contribution in [1.29, 1.82) is 0 Å². The molecule has 4 heteroatoms. The molecular weight excluding hydrogens is 254 g/mol. The molecule has 1 aliphatic heterocycles. The highest BCUT2D eigenvalue weighted by Crippen LogP contribution is 2.39. The van der Waals surface area contributed by atoms with E-state index in [2.05, 4.69) is 5.16 Å². The molecule has 20 heavy (non-hydrogen) atoms. The summed E-state index contributed by atoms with van der Waals surface area (Å²) >= 11 is 0. The summed E-state index contributed by atoms with van der Waals surface area (Å²) in [6, 6.07) is 15.3. The van der Waals surface area contributed by atoms with Gasteiger partial charge in [0.25, 0.3) is 0 Å². The van der Waals surface area contributed by atoms with Gasteiger partial charge in [0.15, 0.2) is 17.6 Å². The van der Waals surface area contributed by atoms with Crippen LogP contribution in [0.3, 0.4) is 0 Å². The summed E-state index contributed by atoms with van der Waals surface area (Å²) < 4.78 is 5.11. The molecular formula is C16H15NO3. The third-order valence-corrected chi connectivity index (χ3v) is 3.37. The second kappa shape index (κ2) is 5.25. The summed E-state index contributed by atoms with van der Waals surface area (Å²) in [7, 11) is 1.53. The minimum absolute atomic E-state index is 0.115. The molecule has 0 aliphatic carbocycles. The number of hydrogen-bond donors (Lipinski definition) is 1. The summed E-state index contributed by atoms with van der Waals surface area (Å²) in [6.07, 6.45) is 0.352. The molecule has 0 bridgehead atoms. The average Bonchev–Trinajstić information content (AvgIpc) is 2.98. The van der Waals surface area contributed by atoms with Crippen molar-refractivity contribution in [2.24, 2.45) is 5.16 Å². The number of phenols is 1. The number of aromatic hydroxyl groups is 1. The molecule has 0 unspecified atom stereocenters.